The molecule has 0 N–H and O–H groups in total. The second-order valence-electron chi connectivity index (χ2n) is 5.98. The van der Waals surface area contributed by atoms with E-state index in [-0.39, 0.29) is 11.7 Å². The second-order valence-corrected chi connectivity index (χ2v) is 6.93. The molecule has 1 aliphatic rings. The third kappa shape index (κ3) is 3.73. The second kappa shape index (κ2) is 6.73. The maximum absolute atomic E-state index is 12.5. The smallest absolute Gasteiger partial charge is 0.405 e. The van der Waals surface area contributed by atoms with Crippen LogP contribution in [-0.4, -0.2) is 34.5 Å². The lowest BCUT2D eigenvalue weighted by Crippen LogP contribution is -2.44. The van der Waals surface area contributed by atoms with E-state index in [4.69, 9.17) is 4.52 Å². The van der Waals surface area contributed by atoms with Crippen molar-refractivity contribution in [3.8, 4) is 16.5 Å². The van der Waals surface area contributed by atoms with Gasteiger partial charge in [0.2, 0.25) is 11.7 Å². The van der Waals surface area contributed by atoms with Gasteiger partial charge in [-0.05, 0) is 17.5 Å². The highest BCUT2D eigenvalue weighted by atomic mass is 32.1. The predicted octanol–water partition coefficient (Wildman–Crippen LogP) is 4.30. The van der Waals surface area contributed by atoms with Crippen molar-refractivity contribution in [1.29, 1.82) is 0 Å². The van der Waals surface area contributed by atoms with Crippen molar-refractivity contribution in [2.75, 3.05) is 13.1 Å². The monoisotopic (exact) mass is 381 g/mol. The van der Waals surface area contributed by atoms with Gasteiger partial charge in [0, 0.05) is 25.2 Å². The van der Waals surface area contributed by atoms with E-state index in [1.54, 1.807) is 12.1 Å². The van der Waals surface area contributed by atoms with Crippen molar-refractivity contribution in [2.24, 2.45) is 0 Å². The number of alkyl halides is 3. The lowest BCUT2D eigenvalue weighted by molar-refractivity contribution is -0.275. The van der Waals surface area contributed by atoms with Crippen molar-refractivity contribution >= 4 is 11.3 Å². The topological polar surface area (TPSA) is 51.4 Å². The van der Waals surface area contributed by atoms with Crippen LogP contribution in [0.2, 0.25) is 0 Å². The molecule has 5 nitrogen and oxygen atoms in total. The summed E-state index contributed by atoms with van der Waals surface area (Å²) >= 11 is 1.53. The zero-order chi connectivity index (χ0) is 18.1. The molecule has 3 aromatic rings. The molecule has 0 amide bonds. The lowest BCUT2D eigenvalue weighted by Gasteiger charge is -2.37. The van der Waals surface area contributed by atoms with Crippen LogP contribution in [-0.2, 0) is 6.54 Å². The zero-order valence-electron chi connectivity index (χ0n) is 13.4. The summed E-state index contributed by atoms with van der Waals surface area (Å²) in [6, 6.07) is 10.0. The Kier molecular flexibility index (Phi) is 4.41. The number of nitrogens with zero attached hydrogens (tertiary/aromatic N) is 3. The number of para-hydroxylation sites is 1. The van der Waals surface area contributed by atoms with E-state index in [0.717, 1.165) is 4.88 Å². The van der Waals surface area contributed by atoms with Gasteiger partial charge in [0.05, 0.1) is 10.8 Å². The molecule has 0 atom stereocenters. The minimum Gasteiger partial charge on any atom is -0.405 e. The van der Waals surface area contributed by atoms with Crippen molar-refractivity contribution in [3.05, 3.63) is 53.2 Å². The highest BCUT2D eigenvalue weighted by molar-refractivity contribution is 7.13. The van der Waals surface area contributed by atoms with E-state index in [1.165, 1.54) is 23.5 Å². The number of thiophene rings is 1. The molecule has 0 saturated carbocycles. The van der Waals surface area contributed by atoms with Gasteiger partial charge in [-0.3, -0.25) is 4.90 Å². The average molecular weight is 381 g/mol. The minimum absolute atomic E-state index is 0.0897. The van der Waals surface area contributed by atoms with Crippen molar-refractivity contribution in [1.82, 2.24) is 15.0 Å². The molecule has 0 aliphatic carbocycles. The summed E-state index contributed by atoms with van der Waals surface area (Å²) < 4.78 is 46.9. The molecule has 2 aromatic heterocycles. The molecule has 0 unspecified atom stereocenters. The van der Waals surface area contributed by atoms with Crippen molar-refractivity contribution in [2.45, 2.75) is 18.8 Å². The molecular weight excluding hydrogens is 367 g/mol. The normalized spacial score (nSPS) is 15.8. The fourth-order valence-electron chi connectivity index (χ4n) is 2.86. The SMILES string of the molecule is FC(F)(F)Oc1ccccc1CN1CC(c2nc(-c3cccs3)no2)C1. The summed E-state index contributed by atoms with van der Waals surface area (Å²) in [6.07, 6.45) is -4.70. The Labute approximate surface area is 151 Å². The molecule has 0 radical (unpaired) electrons. The van der Waals surface area contributed by atoms with Crippen LogP contribution in [0.5, 0.6) is 5.75 Å². The number of benzene rings is 1. The molecule has 1 aliphatic heterocycles. The first-order valence-corrected chi connectivity index (χ1v) is 8.79. The summed E-state index contributed by atoms with van der Waals surface area (Å²) in [5.74, 6) is 1.05. The summed E-state index contributed by atoms with van der Waals surface area (Å²) in [7, 11) is 0. The van der Waals surface area contributed by atoms with Crippen LogP contribution in [0, 0.1) is 0 Å². The summed E-state index contributed by atoms with van der Waals surface area (Å²) in [6.45, 7) is 1.66. The highest BCUT2D eigenvalue weighted by Gasteiger charge is 2.35. The Morgan fingerprint density at radius 3 is 2.73 bits per heavy atom. The van der Waals surface area contributed by atoms with Gasteiger partial charge in [-0.2, -0.15) is 4.98 Å². The largest absolute Gasteiger partial charge is 0.573 e. The van der Waals surface area contributed by atoms with Crippen molar-refractivity contribution in [3.63, 3.8) is 0 Å². The first kappa shape index (κ1) is 17.0. The first-order chi connectivity index (χ1) is 12.5. The van der Waals surface area contributed by atoms with Crippen LogP contribution >= 0.6 is 11.3 Å². The molecule has 136 valence electrons. The Morgan fingerprint density at radius 2 is 2.00 bits per heavy atom. The fourth-order valence-corrected chi connectivity index (χ4v) is 3.51. The van der Waals surface area contributed by atoms with E-state index >= 15 is 0 Å². The highest BCUT2D eigenvalue weighted by Crippen LogP contribution is 2.32. The third-order valence-electron chi connectivity index (χ3n) is 4.08. The van der Waals surface area contributed by atoms with Crippen LogP contribution in [0.4, 0.5) is 13.2 Å². The van der Waals surface area contributed by atoms with Crippen LogP contribution < -0.4 is 4.74 Å². The Bertz CT molecular complexity index is 874. The van der Waals surface area contributed by atoms with E-state index in [1.807, 2.05) is 22.4 Å². The van der Waals surface area contributed by atoms with Gasteiger partial charge in [-0.1, -0.05) is 29.4 Å². The number of likely N-dealkylation sites (tertiary alicyclic amines) is 1. The molecule has 1 fully saturated rings. The predicted molar refractivity (Wildman–Crippen MR) is 88.8 cm³/mol. The Balaban J connectivity index is 1.37. The van der Waals surface area contributed by atoms with Gasteiger partial charge in [0.1, 0.15) is 5.75 Å². The number of halogens is 3. The van der Waals surface area contributed by atoms with E-state index in [2.05, 4.69) is 14.9 Å². The first-order valence-electron chi connectivity index (χ1n) is 7.91. The van der Waals surface area contributed by atoms with Crippen molar-refractivity contribution < 1.29 is 22.4 Å². The van der Waals surface area contributed by atoms with Gasteiger partial charge in [0.15, 0.2) is 0 Å². The lowest BCUT2D eigenvalue weighted by atomic mass is 9.99. The fraction of sp³-hybridized carbons (Fsp3) is 0.294. The number of hydrogen-bond donors (Lipinski definition) is 0. The average Bonchev–Trinajstić information content (AvgIpc) is 3.21. The van der Waals surface area contributed by atoms with Crippen LogP contribution in [0.15, 0.2) is 46.3 Å². The van der Waals surface area contributed by atoms with Crippen LogP contribution in [0.3, 0.4) is 0 Å². The molecule has 1 saturated heterocycles. The maximum Gasteiger partial charge on any atom is 0.573 e. The number of aromatic nitrogens is 2. The Hall–Kier alpha value is -2.39. The van der Waals surface area contributed by atoms with Gasteiger partial charge < -0.3 is 9.26 Å². The standard InChI is InChI=1S/C17H14F3N3O2S/c18-17(19,20)24-13-5-2-1-4-11(13)8-23-9-12(10-23)16-21-15(22-25-16)14-6-3-7-26-14/h1-7,12H,8-10H2. The van der Waals surface area contributed by atoms with E-state index < -0.39 is 6.36 Å². The third-order valence-corrected chi connectivity index (χ3v) is 4.95. The Morgan fingerprint density at radius 1 is 1.19 bits per heavy atom. The summed E-state index contributed by atoms with van der Waals surface area (Å²) in [5, 5.41) is 5.93. The zero-order valence-corrected chi connectivity index (χ0v) is 14.3. The molecule has 3 heterocycles. The molecule has 0 spiro atoms. The number of hydrogen-bond acceptors (Lipinski definition) is 6. The van der Waals surface area contributed by atoms with Gasteiger partial charge in [-0.25, -0.2) is 0 Å². The summed E-state index contributed by atoms with van der Waals surface area (Å²) in [4.78, 5) is 7.37. The molecular formula is C17H14F3N3O2S. The van der Waals surface area contributed by atoms with E-state index in [9.17, 15) is 13.2 Å². The van der Waals surface area contributed by atoms with Gasteiger partial charge in [0.25, 0.3) is 0 Å². The quantitative estimate of drug-likeness (QED) is 0.660. The van der Waals surface area contributed by atoms with Crippen LogP contribution in [0.1, 0.15) is 17.4 Å². The maximum atomic E-state index is 12.5. The molecule has 26 heavy (non-hydrogen) atoms. The summed E-state index contributed by atoms with van der Waals surface area (Å²) in [5.41, 5.74) is 0.494. The van der Waals surface area contributed by atoms with Crippen LogP contribution in [0.25, 0.3) is 10.7 Å². The molecule has 4 rings (SSSR count). The number of ether oxygens (including phenoxy) is 1. The van der Waals surface area contributed by atoms with Gasteiger partial charge in [-0.15, -0.1) is 24.5 Å². The minimum atomic E-state index is -4.70. The number of rotatable bonds is 5. The van der Waals surface area contributed by atoms with E-state index in [0.29, 0.717) is 36.9 Å². The molecule has 9 heteroatoms. The molecule has 0 bridgehead atoms. The van der Waals surface area contributed by atoms with Gasteiger partial charge >= 0.3 is 6.36 Å². The molecule has 1 aromatic carbocycles.